The van der Waals surface area contributed by atoms with Crippen molar-refractivity contribution in [2.24, 2.45) is 5.73 Å². The van der Waals surface area contributed by atoms with E-state index in [2.05, 4.69) is 6.07 Å². The Morgan fingerprint density at radius 1 is 1.35 bits per heavy atom. The largest absolute Gasteiger partial charge is 0.496 e. The molecule has 0 aliphatic rings. The smallest absolute Gasteiger partial charge is 0.129 e. The molecule has 0 aliphatic carbocycles. The fraction of sp³-hybridized carbons (Fsp3) is 0.500. The second-order valence-electron chi connectivity index (χ2n) is 4.53. The van der Waals surface area contributed by atoms with Gasteiger partial charge in [0.1, 0.15) is 11.5 Å². The first-order valence-corrected chi connectivity index (χ1v) is 5.86. The van der Waals surface area contributed by atoms with Crippen LogP contribution in [0.1, 0.15) is 42.5 Å². The summed E-state index contributed by atoms with van der Waals surface area (Å²) in [7, 11) is 1.66. The lowest BCUT2D eigenvalue weighted by atomic mass is 9.95. The fourth-order valence-electron chi connectivity index (χ4n) is 1.95. The molecule has 17 heavy (non-hydrogen) atoms. The van der Waals surface area contributed by atoms with Gasteiger partial charge in [0, 0.05) is 12.5 Å². The number of carbonyl (C=O) groups excluding carboxylic acids is 1. The summed E-state index contributed by atoms with van der Waals surface area (Å²) in [4.78, 5) is 11.0. The third kappa shape index (κ3) is 3.56. The van der Waals surface area contributed by atoms with E-state index in [4.69, 9.17) is 10.5 Å². The molecule has 0 aliphatic heterocycles. The van der Waals surface area contributed by atoms with Gasteiger partial charge in [0.2, 0.25) is 0 Å². The van der Waals surface area contributed by atoms with E-state index < -0.39 is 0 Å². The highest BCUT2D eigenvalue weighted by atomic mass is 16.5. The van der Waals surface area contributed by atoms with Crippen LogP contribution >= 0.6 is 0 Å². The zero-order valence-corrected chi connectivity index (χ0v) is 11.0. The Bertz CT molecular complexity index is 413. The molecule has 1 aromatic rings. The predicted octanol–water partition coefficient (Wildman–Crippen LogP) is 2.68. The lowest BCUT2D eigenvalue weighted by Crippen LogP contribution is -2.13. The standard InChI is InChI=1S/C14H21NO2/c1-9-8-14(17-4)10(2)7-12(9)13(15)6-5-11(3)16/h7-8,13H,5-6,15H2,1-4H3. The molecule has 1 rings (SSSR count). The van der Waals surface area contributed by atoms with E-state index in [0.29, 0.717) is 12.8 Å². The first kappa shape index (κ1) is 13.7. The number of Topliss-reactive ketones (excluding diaryl/α,β-unsaturated/α-hetero) is 1. The van der Waals surface area contributed by atoms with Crippen LogP contribution in [0.4, 0.5) is 0 Å². The summed E-state index contributed by atoms with van der Waals surface area (Å²) in [5.41, 5.74) is 9.40. The van der Waals surface area contributed by atoms with E-state index in [1.807, 2.05) is 19.9 Å². The van der Waals surface area contributed by atoms with Crippen LogP contribution in [0.25, 0.3) is 0 Å². The van der Waals surface area contributed by atoms with Crippen LogP contribution in [0.2, 0.25) is 0 Å². The number of hydrogen-bond donors (Lipinski definition) is 1. The average molecular weight is 235 g/mol. The summed E-state index contributed by atoms with van der Waals surface area (Å²) in [5.74, 6) is 1.06. The first-order chi connectivity index (χ1) is 7.95. The van der Waals surface area contributed by atoms with Crippen molar-refractivity contribution in [2.75, 3.05) is 7.11 Å². The zero-order valence-electron chi connectivity index (χ0n) is 11.0. The third-order valence-corrected chi connectivity index (χ3v) is 2.99. The maximum absolute atomic E-state index is 11.0. The fourth-order valence-corrected chi connectivity index (χ4v) is 1.95. The van der Waals surface area contributed by atoms with Crippen molar-refractivity contribution < 1.29 is 9.53 Å². The Morgan fingerprint density at radius 3 is 2.53 bits per heavy atom. The van der Waals surface area contributed by atoms with Crippen LogP contribution < -0.4 is 10.5 Å². The Morgan fingerprint density at radius 2 is 2.00 bits per heavy atom. The highest BCUT2D eigenvalue weighted by molar-refractivity contribution is 5.75. The van der Waals surface area contributed by atoms with Crippen LogP contribution in [0, 0.1) is 13.8 Å². The highest BCUT2D eigenvalue weighted by Gasteiger charge is 2.12. The molecule has 0 spiro atoms. The lowest BCUT2D eigenvalue weighted by Gasteiger charge is -2.16. The monoisotopic (exact) mass is 235 g/mol. The summed E-state index contributed by atoms with van der Waals surface area (Å²) >= 11 is 0. The number of methoxy groups -OCH3 is 1. The number of nitrogens with two attached hydrogens (primary N) is 1. The number of ether oxygens (including phenoxy) is 1. The van der Waals surface area contributed by atoms with Gasteiger partial charge in [0.25, 0.3) is 0 Å². The molecule has 0 bridgehead atoms. The Balaban J connectivity index is 2.90. The molecule has 1 aromatic carbocycles. The molecule has 0 heterocycles. The molecule has 1 atom stereocenters. The van der Waals surface area contributed by atoms with Gasteiger partial charge in [-0.15, -0.1) is 0 Å². The lowest BCUT2D eigenvalue weighted by molar-refractivity contribution is -0.117. The van der Waals surface area contributed by atoms with Crippen LogP contribution in [-0.4, -0.2) is 12.9 Å². The Kier molecular flexibility index (Phi) is 4.70. The zero-order chi connectivity index (χ0) is 13.0. The Hall–Kier alpha value is -1.35. The molecule has 3 heteroatoms. The van der Waals surface area contributed by atoms with Gasteiger partial charge < -0.3 is 15.3 Å². The van der Waals surface area contributed by atoms with Gasteiger partial charge in [-0.3, -0.25) is 0 Å². The van der Waals surface area contributed by atoms with Gasteiger partial charge in [-0.05, 0) is 49.9 Å². The van der Waals surface area contributed by atoms with Crippen molar-refractivity contribution >= 4 is 5.78 Å². The van der Waals surface area contributed by atoms with Crippen LogP contribution in [-0.2, 0) is 4.79 Å². The van der Waals surface area contributed by atoms with Crippen molar-refractivity contribution in [3.8, 4) is 5.75 Å². The predicted molar refractivity (Wildman–Crippen MR) is 69.3 cm³/mol. The quantitative estimate of drug-likeness (QED) is 0.853. The van der Waals surface area contributed by atoms with E-state index in [0.717, 1.165) is 22.4 Å². The maximum atomic E-state index is 11.0. The summed E-state index contributed by atoms with van der Waals surface area (Å²) in [6, 6.07) is 3.97. The number of hydrogen-bond acceptors (Lipinski definition) is 3. The molecular formula is C14H21NO2. The van der Waals surface area contributed by atoms with Crippen LogP contribution in [0.15, 0.2) is 12.1 Å². The van der Waals surface area contributed by atoms with E-state index in [-0.39, 0.29) is 11.8 Å². The second kappa shape index (κ2) is 5.82. The molecule has 3 nitrogen and oxygen atoms in total. The normalized spacial score (nSPS) is 12.3. The summed E-state index contributed by atoms with van der Waals surface area (Å²) in [5, 5.41) is 0. The van der Waals surface area contributed by atoms with Crippen molar-refractivity contribution in [3.05, 3.63) is 28.8 Å². The molecule has 0 saturated carbocycles. The summed E-state index contributed by atoms with van der Waals surface area (Å²) in [6.45, 7) is 5.61. The van der Waals surface area contributed by atoms with Gasteiger partial charge in [-0.25, -0.2) is 0 Å². The number of carbonyl (C=O) groups is 1. The molecule has 94 valence electrons. The topological polar surface area (TPSA) is 52.3 Å². The van der Waals surface area contributed by atoms with Gasteiger partial charge in [0.15, 0.2) is 0 Å². The third-order valence-electron chi connectivity index (χ3n) is 2.99. The number of benzene rings is 1. The van der Waals surface area contributed by atoms with Crippen molar-refractivity contribution in [3.63, 3.8) is 0 Å². The Labute approximate surface area is 103 Å². The number of ketones is 1. The molecule has 0 amide bonds. The summed E-state index contributed by atoms with van der Waals surface area (Å²) < 4.78 is 5.26. The molecule has 0 aromatic heterocycles. The van der Waals surface area contributed by atoms with Crippen LogP contribution in [0.5, 0.6) is 5.75 Å². The van der Waals surface area contributed by atoms with Crippen molar-refractivity contribution in [1.82, 2.24) is 0 Å². The van der Waals surface area contributed by atoms with E-state index >= 15 is 0 Å². The van der Waals surface area contributed by atoms with Crippen molar-refractivity contribution in [2.45, 2.75) is 39.7 Å². The minimum atomic E-state index is -0.0801. The van der Waals surface area contributed by atoms with Gasteiger partial charge in [-0.2, -0.15) is 0 Å². The highest BCUT2D eigenvalue weighted by Crippen LogP contribution is 2.27. The van der Waals surface area contributed by atoms with Gasteiger partial charge in [0.05, 0.1) is 7.11 Å². The maximum Gasteiger partial charge on any atom is 0.129 e. The van der Waals surface area contributed by atoms with E-state index in [9.17, 15) is 4.79 Å². The molecule has 0 fully saturated rings. The molecule has 1 unspecified atom stereocenters. The van der Waals surface area contributed by atoms with Gasteiger partial charge in [-0.1, -0.05) is 6.07 Å². The van der Waals surface area contributed by atoms with E-state index in [1.165, 1.54) is 0 Å². The minimum absolute atomic E-state index is 0.0801. The minimum Gasteiger partial charge on any atom is -0.496 e. The first-order valence-electron chi connectivity index (χ1n) is 5.86. The van der Waals surface area contributed by atoms with Crippen LogP contribution in [0.3, 0.4) is 0 Å². The van der Waals surface area contributed by atoms with Gasteiger partial charge >= 0.3 is 0 Å². The molecule has 2 N–H and O–H groups in total. The van der Waals surface area contributed by atoms with Crippen molar-refractivity contribution in [1.29, 1.82) is 0 Å². The number of rotatable bonds is 5. The number of aryl methyl sites for hydroxylation is 2. The summed E-state index contributed by atoms with van der Waals surface area (Å²) in [6.07, 6.45) is 1.23. The molecular weight excluding hydrogens is 214 g/mol. The molecule has 0 saturated heterocycles. The molecule has 0 radical (unpaired) electrons. The average Bonchev–Trinajstić information content (AvgIpc) is 2.28. The second-order valence-corrected chi connectivity index (χ2v) is 4.53. The van der Waals surface area contributed by atoms with E-state index in [1.54, 1.807) is 14.0 Å². The SMILES string of the molecule is COc1cc(C)c(C(N)CCC(C)=O)cc1C.